The van der Waals surface area contributed by atoms with Crippen molar-refractivity contribution < 1.29 is 9.53 Å². The van der Waals surface area contributed by atoms with E-state index < -0.39 is 0 Å². The van der Waals surface area contributed by atoms with Crippen LogP contribution in [0.2, 0.25) is 0 Å². The molecule has 1 saturated heterocycles. The molecule has 0 unspecified atom stereocenters. The van der Waals surface area contributed by atoms with Gasteiger partial charge in [-0.15, -0.1) is 0 Å². The first-order valence-electron chi connectivity index (χ1n) is 14.4. The number of piperazine rings is 1. The number of carbonyl (C=O) groups is 1. The van der Waals surface area contributed by atoms with Crippen LogP contribution in [0.15, 0.2) is 59.4 Å². The summed E-state index contributed by atoms with van der Waals surface area (Å²) in [6.45, 7) is 9.15. The molecule has 4 aromatic rings. The summed E-state index contributed by atoms with van der Waals surface area (Å²) in [6, 6.07) is 15.7. The first-order valence-corrected chi connectivity index (χ1v) is 14.4. The van der Waals surface area contributed by atoms with Gasteiger partial charge in [0, 0.05) is 45.3 Å². The highest BCUT2D eigenvalue weighted by Crippen LogP contribution is 2.30. The minimum atomic E-state index is -0.266. The molecular weight excluding hydrogens is 516 g/mol. The number of hydrogen-bond donors (Lipinski definition) is 1. The SMILES string of the molecule is CCCc1nn(C)c2c(=O)[nH]c(-c3cc(C(=O)CN4CCN(C/C=C/c5ccccc5)CC4)ccc3OCC)nc12. The van der Waals surface area contributed by atoms with Crippen LogP contribution in [0.1, 0.15) is 41.9 Å². The molecule has 214 valence electrons. The molecule has 0 atom stereocenters. The van der Waals surface area contributed by atoms with Crippen molar-refractivity contribution in [3.05, 3.63) is 81.8 Å². The summed E-state index contributed by atoms with van der Waals surface area (Å²) in [6.07, 6.45) is 5.96. The number of hydrogen-bond acceptors (Lipinski definition) is 7. The molecule has 0 spiro atoms. The Balaban J connectivity index is 1.29. The third-order valence-corrected chi connectivity index (χ3v) is 7.41. The van der Waals surface area contributed by atoms with E-state index in [-0.39, 0.29) is 11.3 Å². The van der Waals surface area contributed by atoms with Gasteiger partial charge in [-0.05, 0) is 37.1 Å². The highest BCUT2D eigenvalue weighted by molar-refractivity contribution is 5.99. The summed E-state index contributed by atoms with van der Waals surface area (Å²) >= 11 is 0. The molecule has 0 saturated carbocycles. The maximum Gasteiger partial charge on any atom is 0.277 e. The van der Waals surface area contributed by atoms with Crippen LogP contribution in [-0.2, 0) is 13.5 Å². The molecule has 0 radical (unpaired) electrons. The fraction of sp³-hybridized carbons (Fsp3) is 0.375. The van der Waals surface area contributed by atoms with Gasteiger partial charge in [0.05, 0.1) is 24.4 Å². The number of aromatic nitrogens is 4. The van der Waals surface area contributed by atoms with Crippen LogP contribution in [0.4, 0.5) is 0 Å². The number of aromatic amines is 1. The summed E-state index contributed by atoms with van der Waals surface area (Å²) in [5.74, 6) is 0.982. The molecule has 1 aliphatic rings. The first-order chi connectivity index (χ1) is 20.0. The second-order valence-electron chi connectivity index (χ2n) is 10.4. The Hall–Kier alpha value is -4.08. The van der Waals surface area contributed by atoms with Crippen LogP contribution in [-0.4, -0.2) is 81.2 Å². The van der Waals surface area contributed by atoms with Gasteiger partial charge < -0.3 is 9.72 Å². The molecule has 9 heteroatoms. The van der Waals surface area contributed by atoms with Gasteiger partial charge in [-0.25, -0.2) is 4.98 Å². The van der Waals surface area contributed by atoms with Crippen molar-refractivity contribution >= 4 is 22.9 Å². The fourth-order valence-corrected chi connectivity index (χ4v) is 5.28. The van der Waals surface area contributed by atoms with E-state index in [2.05, 4.69) is 51.1 Å². The van der Waals surface area contributed by atoms with Crippen LogP contribution < -0.4 is 10.3 Å². The van der Waals surface area contributed by atoms with Crippen LogP contribution in [0, 0.1) is 0 Å². The molecule has 41 heavy (non-hydrogen) atoms. The molecule has 0 amide bonds. The Morgan fingerprint density at radius 1 is 1.05 bits per heavy atom. The molecule has 1 N–H and O–H groups in total. The van der Waals surface area contributed by atoms with Gasteiger partial charge in [-0.2, -0.15) is 5.10 Å². The maximum absolute atomic E-state index is 13.4. The second kappa shape index (κ2) is 13.1. The molecule has 2 aromatic carbocycles. The normalized spacial score (nSPS) is 14.7. The van der Waals surface area contributed by atoms with Crippen LogP contribution >= 0.6 is 0 Å². The fourth-order valence-electron chi connectivity index (χ4n) is 5.28. The number of aryl methyl sites for hydroxylation is 2. The van der Waals surface area contributed by atoms with E-state index >= 15 is 0 Å². The van der Waals surface area contributed by atoms with Crippen molar-refractivity contribution in [1.29, 1.82) is 0 Å². The summed E-state index contributed by atoms with van der Waals surface area (Å²) in [5, 5.41) is 4.52. The quantitative estimate of drug-likeness (QED) is 0.278. The summed E-state index contributed by atoms with van der Waals surface area (Å²) in [4.78, 5) is 38.7. The van der Waals surface area contributed by atoms with E-state index in [0.29, 0.717) is 46.9 Å². The predicted molar refractivity (Wildman–Crippen MR) is 162 cm³/mol. The number of ether oxygens (including phenoxy) is 1. The largest absolute Gasteiger partial charge is 0.493 e. The molecule has 0 bridgehead atoms. The molecule has 2 aromatic heterocycles. The van der Waals surface area contributed by atoms with E-state index in [1.54, 1.807) is 29.9 Å². The second-order valence-corrected chi connectivity index (χ2v) is 10.4. The van der Waals surface area contributed by atoms with Gasteiger partial charge in [0.1, 0.15) is 17.1 Å². The van der Waals surface area contributed by atoms with Gasteiger partial charge in [-0.1, -0.05) is 55.8 Å². The highest BCUT2D eigenvalue weighted by atomic mass is 16.5. The molecule has 1 fully saturated rings. The lowest BCUT2D eigenvalue weighted by molar-refractivity contribution is 0.0865. The van der Waals surface area contributed by atoms with Crippen LogP contribution in [0.3, 0.4) is 0 Å². The number of Topliss-reactive ketones (excluding diaryl/α,β-unsaturated/α-hetero) is 1. The molecular formula is C32H38N6O3. The lowest BCUT2D eigenvalue weighted by Crippen LogP contribution is -2.47. The average molecular weight is 555 g/mol. The summed E-state index contributed by atoms with van der Waals surface area (Å²) < 4.78 is 7.45. The number of fused-ring (bicyclic) bond motifs is 1. The zero-order chi connectivity index (χ0) is 28.8. The minimum absolute atomic E-state index is 0.0307. The van der Waals surface area contributed by atoms with E-state index in [1.807, 2.05) is 25.1 Å². The maximum atomic E-state index is 13.4. The third kappa shape index (κ3) is 6.64. The number of H-pyrrole nitrogens is 1. The Morgan fingerprint density at radius 3 is 2.54 bits per heavy atom. The van der Waals surface area contributed by atoms with Crippen molar-refractivity contribution in [2.24, 2.45) is 7.05 Å². The molecule has 9 nitrogen and oxygen atoms in total. The van der Waals surface area contributed by atoms with Gasteiger partial charge >= 0.3 is 0 Å². The van der Waals surface area contributed by atoms with Crippen LogP contribution in [0.5, 0.6) is 5.75 Å². The monoisotopic (exact) mass is 554 g/mol. The Bertz CT molecular complexity index is 1580. The van der Waals surface area contributed by atoms with E-state index in [4.69, 9.17) is 9.72 Å². The minimum Gasteiger partial charge on any atom is -0.493 e. The van der Waals surface area contributed by atoms with Gasteiger partial charge in [0.25, 0.3) is 5.56 Å². The number of carbonyl (C=O) groups excluding carboxylic acids is 1. The lowest BCUT2D eigenvalue weighted by Gasteiger charge is -2.33. The number of nitrogens with zero attached hydrogens (tertiary/aromatic N) is 5. The predicted octanol–water partition coefficient (Wildman–Crippen LogP) is 4.19. The van der Waals surface area contributed by atoms with Crippen LogP contribution in [0.25, 0.3) is 28.5 Å². The van der Waals surface area contributed by atoms with Crippen molar-refractivity contribution in [3.63, 3.8) is 0 Å². The number of ketones is 1. The Morgan fingerprint density at radius 2 is 1.80 bits per heavy atom. The smallest absolute Gasteiger partial charge is 0.277 e. The van der Waals surface area contributed by atoms with E-state index in [0.717, 1.165) is 51.3 Å². The summed E-state index contributed by atoms with van der Waals surface area (Å²) in [7, 11) is 1.75. The third-order valence-electron chi connectivity index (χ3n) is 7.41. The zero-order valence-electron chi connectivity index (χ0n) is 24.1. The molecule has 5 rings (SSSR count). The van der Waals surface area contributed by atoms with Gasteiger partial charge in [0.15, 0.2) is 11.3 Å². The van der Waals surface area contributed by atoms with E-state index in [1.165, 1.54) is 5.56 Å². The first kappa shape index (κ1) is 28.4. The van der Waals surface area contributed by atoms with Crippen molar-refractivity contribution in [3.8, 4) is 17.1 Å². The van der Waals surface area contributed by atoms with Crippen molar-refractivity contribution in [2.75, 3.05) is 45.9 Å². The zero-order valence-corrected chi connectivity index (χ0v) is 24.1. The standard InChI is InChI=1S/C32H38N6O3/c1-4-10-26-29-30(36(3)35-26)32(40)34-31(33-29)25-21-24(14-15-28(25)41-5-2)27(39)22-38-19-17-37(18-20-38)16-9-13-23-11-7-6-8-12-23/h6-9,11-15,21H,4-5,10,16-20,22H2,1-3H3,(H,33,34,40)/b13-9+. The number of benzene rings is 2. The van der Waals surface area contributed by atoms with Crippen molar-refractivity contribution in [1.82, 2.24) is 29.5 Å². The van der Waals surface area contributed by atoms with Gasteiger partial charge in [-0.3, -0.25) is 24.1 Å². The van der Waals surface area contributed by atoms with Crippen molar-refractivity contribution in [2.45, 2.75) is 26.7 Å². The number of nitrogens with one attached hydrogen (secondary N) is 1. The Labute approximate surface area is 240 Å². The molecule has 1 aliphatic heterocycles. The Kier molecular flexibility index (Phi) is 9.06. The topological polar surface area (TPSA) is 96.3 Å². The highest BCUT2D eigenvalue weighted by Gasteiger charge is 2.22. The summed E-state index contributed by atoms with van der Waals surface area (Å²) in [5.41, 5.74) is 3.92. The van der Waals surface area contributed by atoms with Gasteiger partial charge in [0.2, 0.25) is 0 Å². The lowest BCUT2D eigenvalue weighted by atomic mass is 10.0. The number of rotatable bonds is 11. The molecule has 3 heterocycles. The van der Waals surface area contributed by atoms with E-state index in [9.17, 15) is 9.59 Å². The average Bonchev–Trinajstić information content (AvgIpc) is 3.30. The molecule has 0 aliphatic carbocycles.